The minimum atomic E-state index is -0.734. The van der Waals surface area contributed by atoms with Gasteiger partial charge in [0.1, 0.15) is 11.9 Å². The molecule has 2 amide bonds. The third-order valence-corrected chi connectivity index (χ3v) is 5.37. The van der Waals surface area contributed by atoms with Crippen LogP contribution < -0.4 is 9.64 Å². The van der Waals surface area contributed by atoms with Crippen LogP contribution in [0.3, 0.4) is 0 Å². The fourth-order valence-electron chi connectivity index (χ4n) is 3.79. The molecule has 2 aliphatic rings. The van der Waals surface area contributed by atoms with Crippen LogP contribution >= 0.6 is 0 Å². The Balaban J connectivity index is 1.40. The van der Waals surface area contributed by atoms with Gasteiger partial charge < -0.3 is 9.47 Å². The third-order valence-electron chi connectivity index (χ3n) is 5.37. The summed E-state index contributed by atoms with van der Waals surface area (Å²) in [4.78, 5) is 38.5. The predicted octanol–water partition coefficient (Wildman–Crippen LogP) is 4.13. The van der Waals surface area contributed by atoms with E-state index in [-0.39, 0.29) is 23.9 Å². The van der Waals surface area contributed by atoms with Crippen LogP contribution in [0.15, 0.2) is 48.5 Å². The van der Waals surface area contributed by atoms with Crippen LogP contribution in [0.1, 0.15) is 59.7 Å². The molecule has 0 aromatic heterocycles. The molecule has 0 bridgehead atoms. The number of nitrogens with zero attached hydrogens (tertiary/aromatic N) is 1. The van der Waals surface area contributed by atoms with Crippen LogP contribution in [0.2, 0.25) is 0 Å². The number of hydrogen-bond acceptors (Lipinski definition) is 5. The molecule has 1 atom stereocenters. The van der Waals surface area contributed by atoms with E-state index in [0.29, 0.717) is 22.6 Å². The molecule has 0 spiro atoms. The van der Waals surface area contributed by atoms with Crippen molar-refractivity contribution in [2.45, 2.75) is 51.2 Å². The van der Waals surface area contributed by atoms with Gasteiger partial charge in [0.15, 0.2) is 6.10 Å². The van der Waals surface area contributed by atoms with Crippen molar-refractivity contribution in [3.8, 4) is 5.75 Å². The van der Waals surface area contributed by atoms with E-state index >= 15 is 0 Å². The van der Waals surface area contributed by atoms with Crippen LogP contribution in [0, 0.1) is 0 Å². The molecule has 0 N–H and O–H groups in total. The number of amides is 2. The molecule has 29 heavy (non-hydrogen) atoms. The second-order valence-electron chi connectivity index (χ2n) is 7.44. The van der Waals surface area contributed by atoms with Gasteiger partial charge in [0.25, 0.3) is 11.8 Å². The van der Waals surface area contributed by atoms with E-state index in [2.05, 4.69) is 0 Å². The first-order valence-electron chi connectivity index (χ1n) is 9.99. The van der Waals surface area contributed by atoms with Crippen LogP contribution in [0.5, 0.6) is 5.75 Å². The molecule has 1 unspecified atom stereocenters. The third kappa shape index (κ3) is 3.88. The Labute approximate surface area is 169 Å². The Hall–Kier alpha value is -3.15. The zero-order valence-corrected chi connectivity index (χ0v) is 16.3. The topological polar surface area (TPSA) is 72.9 Å². The number of hydrogen-bond donors (Lipinski definition) is 0. The number of ether oxygens (including phenoxy) is 2. The molecule has 6 nitrogen and oxygen atoms in total. The second-order valence-corrected chi connectivity index (χ2v) is 7.44. The molecule has 2 aromatic carbocycles. The number of anilines is 1. The Morgan fingerprint density at radius 1 is 0.931 bits per heavy atom. The van der Waals surface area contributed by atoms with E-state index in [4.69, 9.17) is 9.47 Å². The van der Waals surface area contributed by atoms with E-state index in [0.717, 1.165) is 30.6 Å². The summed E-state index contributed by atoms with van der Waals surface area (Å²) in [5, 5.41) is 0. The van der Waals surface area contributed by atoms with Gasteiger partial charge in [0.2, 0.25) is 0 Å². The van der Waals surface area contributed by atoms with Gasteiger partial charge in [-0.2, -0.15) is 0 Å². The van der Waals surface area contributed by atoms with Crippen molar-refractivity contribution >= 4 is 23.5 Å². The predicted molar refractivity (Wildman–Crippen MR) is 107 cm³/mol. The summed E-state index contributed by atoms with van der Waals surface area (Å²) in [5.74, 6) is -0.591. The Bertz CT molecular complexity index is 896. The van der Waals surface area contributed by atoms with Gasteiger partial charge in [0.05, 0.1) is 16.8 Å². The fourth-order valence-corrected chi connectivity index (χ4v) is 3.79. The zero-order chi connectivity index (χ0) is 20.4. The Kier molecular flexibility index (Phi) is 5.34. The molecule has 1 heterocycles. The van der Waals surface area contributed by atoms with E-state index in [1.54, 1.807) is 55.5 Å². The summed E-state index contributed by atoms with van der Waals surface area (Å²) >= 11 is 0. The molecule has 150 valence electrons. The maximum absolute atomic E-state index is 12.6. The van der Waals surface area contributed by atoms with Gasteiger partial charge in [-0.05, 0) is 69.0 Å². The molecule has 1 fully saturated rings. The molecule has 1 aliphatic carbocycles. The first-order valence-corrected chi connectivity index (χ1v) is 9.99. The molecule has 1 saturated carbocycles. The van der Waals surface area contributed by atoms with Gasteiger partial charge in [-0.3, -0.25) is 9.59 Å². The largest absolute Gasteiger partial charge is 0.479 e. The standard InChI is InChI=1S/C23H23NO5/c1-15(23(27)29-17-7-3-2-4-8-17)28-18-13-11-16(12-14-18)24-21(25)19-9-5-6-10-20(19)22(24)26/h5-6,9-15,17H,2-4,7-8H2,1H3. The van der Waals surface area contributed by atoms with Crippen molar-refractivity contribution in [2.75, 3.05) is 4.90 Å². The number of esters is 1. The summed E-state index contributed by atoms with van der Waals surface area (Å²) in [6.45, 7) is 1.66. The number of benzene rings is 2. The summed E-state index contributed by atoms with van der Waals surface area (Å²) in [6, 6.07) is 13.3. The smallest absolute Gasteiger partial charge is 0.347 e. The maximum Gasteiger partial charge on any atom is 0.347 e. The van der Waals surface area contributed by atoms with Crippen molar-refractivity contribution < 1.29 is 23.9 Å². The Morgan fingerprint density at radius 3 is 2.10 bits per heavy atom. The molecular weight excluding hydrogens is 370 g/mol. The summed E-state index contributed by atoms with van der Waals surface area (Å²) < 4.78 is 11.2. The quantitative estimate of drug-likeness (QED) is 0.564. The maximum atomic E-state index is 12.6. The van der Waals surface area contributed by atoms with Crippen LogP contribution in [-0.2, 0) is 9.53 Å². The van der Waals surface area contributed by atoms with Crippen molar-refractivity contribution in [1.29, 1.82) is 0 Å². The summed E-state index contributed by atoms with van der Waals surface area (Å²) in [7, 11) is 0. The number of fused-ring (bicyclic) bond motifs is 1. The lowest BCUT2D eigenvalue weighted by molar-refractivity contribution is -0.158. The van der Waals surface area contributed by atoms with Gasteiger partial charge in [-0.15, -0.1) is 0 Å². The number of rotatable bonds is 5. The van der Waals surface area contributed by atoms with E-state index < -0.39 is 6.10 Å². The number of carbonyl (C=O) groups is 3. The van der Waals surface area contributed by atoms with Crippen LogP contribution in [0.25, 0.3) is 0 Å². The minimum Gasteiger partial charge on any atom is -0.479 e. The van der Waals surface area contributed by atoms with Crippen molar-refractivity contribution in [1.82, 2.24) is 0 Å². The highest BCUT2D eigenvalue weighted by Crippen LogP contribution is 2.29. The SMILES string of the molecule is CC(Oc1ccc(N2C(=O)c3ccccc3C2=O)cc1)C(=O)OC1CCCCC1. The highest BCUT2D eigenvalue weighted by molar-refractivity contribution is 6.34. The lowest BCUT2D eigenvalue weighted by Gasteiger charge is -2.23. The van der Waals surface area contributed by atoms with Crippen molar-refractivity contribution in [3.05, 3.63) is 59.7 Å². The fraction of sp³-hybridized carbons (Fsp3) is 0.348. The zero-order valence-electron chi connectivity index (χ0n) is 16.3. The second kappa shape index (κ2) is 8.07. The van der Waals surface area contributed by atoms with Crippen LogP contribution in [0.4, 0.5) is 5.69 Å². The highest BCUT2D eigenvalue weighted by atomic mass is 16.6. The monoisotopic (exact) mass is 393 g/mol. The Morgan fingerprint density at radius 2 is 1.52 bits per heavy atom. The molecular formula is C23H23NO5. The minimum absolute atomic E-state index is 0.0153. The van der Waals surface area contributed by atoms with Crippen molar-refractivity contribution in [2.24, 2.45) is 0 Å². The first-order chi connectivity index (χ1) is 14.0. The van der Waals surface area contributed by atoms with Gasteiger partial charge in [-0.25, -0.2) is 9.69 Å². The highest BCUT2D eigenvalue weighted by Gasteiger charge is 2.36. The average Bonchev–Trinajstić information content (AvgIpc) is 3.00. The van der Waals surface area contributed by atoms with Gasteiger partial charge >= 0.3 is 5.97 Å². The summed E-state index contributed by atoms with van der Waals surface area (Å²) in [5.41, 5.74) is 1.26. The lowest BCUT2D eigenvalue weighted by Crippen LogP contribution is -2.31. The number of carbonyl (C=O) groups excluding carboxylic acids is 3. The average molecular weight is 393 g/mol. The number of imide groups is 1. The molecule has 6 heteroatoms. The van der Waals surface area contributed by atoms with E-state index in [1.807, 2.05) is 0 Å². The van der Waals surface area contributed by atoms with Crippen LogP contribution in [-0.4, -0.2) is 30.0 Å². The molecule has 1 aliphatic heterocycles. The van der Waals surface area contributed by atoms with E-state index in [9.17, 15) is 14.4 Å². The molecule has 4 rings (SSSR count). The summed E-state index contributed by atoms with van der Waals surface area (Å²) in [6.07, 6.45) is 4.44. The first kappa shape index (κ1) is 19.2. The lowest BCUT2D eigenvalue weighted by atomic mass is 9.98. The normalized spacial score (nSPS) is 17.8. The molecule has 0 saturated heterocycles. The van der Waals surface area contributed by atoms with E-state index in [1.165, 1.54) is 6.42 Å². The van der Waals surface area contributed by atoms with Gasteiger partial charge in [0, 0.05) is 0 Å². The molecule has 0 radical (unpaired) electrons. The van der Waals surface area contributed by atoms with Gasteiger partial charge in [-0.1, -0.05) is 18.6 Å². The van der Waals surface area contributed by atoms with Crippen molar-refractivity contribution in [3.63, 3.8) is 0 Å². The molecule has 2 aromatic rings.